The summed E-state index contributed by atoms with van der Waals surface area (Å²) in [6.45, 7) is 2.36. The maximum atomic E-state index is 12.8. The summed E-state index contributed by atoms with van der Waals surface area (Å²) in [6, 6.07) is 5.05. The zero-order valence-corrected chi connectivity index (χ0v) is 15.3. The van der Waals surface area contributed by atoms with Crippen LogP contribution in [0.4, 0.5) is 11.5 Å². The van der Waals surface area contributed by atoms with Crippen molar-refractivity contribution < 1.29 is 14.3 Å². The average molecular weight is 388 g/mol. The van der Waals surface area contributed by atoms with Crippen molar-refractivity contribution in [1.82, 2.24) is 14.9 Å². The fourth-order valence-corrected chi connectivity index (χ4v) is 3.39. The number of carbonyl (C=O) groups excluding carboxylic acids is 2. The number of hydrogen-bond acceptors (Lipinski definition) is 6. The number of halogens is 1. The van der Waals surface area contributed by atoms with E-state index < -0.39 is 0 Å². The summed E-state index contributed by atoms with van der Waals surface area (Å²) in [7, 11) is 0. The molecule has 8 nitrogen and oxygen atoms in total. The number of piperazine rings is 1. The Morgan fingerprint density at radius 1 is 1.19 bits per heavy atom. The van der Waals surface area contributed by atoms with E-state index in [0.29, 0.717) is 42.6 Å². The smallest absolute Gasteiger partial charge is 0.265 e. The summed E-state index contributed by atoms with van der Waals surface area (Å²) in [5, 5.41) is 0.488. The van der Waals surface area contributed by atoms with Gasteiger partial charge in [-0.05, 0) is 18.2 Å². The molecule has 4 rings (SSSR count). The Labute approximate surface area is 161 Å². The van der Waals surface area contributed by atoms with Gasteiger partial charge in [0.25, 0.3) is 5.91 Å². The number of hydrogen-bond donors (Lipinski definition) is 0. The van der Waals surface area contributed by atoms with Gasteiger partial charge in [-0.25, -0.2) is 4.98 Å². The van der Waals surface area contributed by atoms with Crippen molar-refractivity contribution in [2.24, 2.45) is 0 Å². The monoisotopic (exact) mass is 387 g/mol. The minimum atomic E-state index is -0.253. The van der Waals surface area contributed by atoms with Crippen LogP contribution in [0.25, 0.3) is 0 Å². The molecule has 1 saturated heterocycles. The number of nitrogens with zero attached hydrogens (tertiary/aromatic N) is 5. The zero-order valence-electron chi connectivity index (χ0n) is 14.5. The van der Waals surface area contributed by atoms with E-state index in [1.54, 1.807) is 41.7 Å². The van der Waals surface area contributed by atoms with Crippen LogP contribution in [0.15, 0.2) is 36.8 Å². The van der Waals surface area contributed by atoms with E-state index in [0.717, 1.165) is 5.82 Å². The Hall–Kier alpha value is -2.87. The van der Waals surface area contributed by atoms with Gasteiger partial charge in [0, 0.05) is 43.6 Å². The highest BCUT2D eigenvalue weighted by atomic mass is 35.5. The van der Waals surface area contributed by atoms with Crippen molar-refractivity contribution in [2.45, 2.75) is 0 Å². The molecule has 2 aliphatic heterocycles. The molecule has 0 bridgehead atoms. The lowest BCUT2D eigenvalue weighted by atomic mass is 10.2. The molecule has 0 spiro atoms. The molecular formula is C18H18ClN5O3. The Bertz CT molecular complexity index is 855. The van der Waals surface area contributed by atoms with Crippen LogP contribution in [0.5, 0.6) is 5.75 Å². The highest BCUT2D eigenvalue weighted by molar-refractivity contribution is 6.31. The summed E-state index contributed by atoms with van der Waals surface area (Å²) in [5.74, 6) is 1.00. The normalized spacial score (nSPS) is 16.8. The fourth-order valence-electron chi connectivity index (χ4n) is 3.22. The molecule has 1 aromatic heterocycles. The third kappa shape index (κ3) is 3.66. The molecule has 0 radical (unpaired) electrons. The second-order valence-electron chi connectivity index (χ2n) is 6.31. The first-order valence-electron chi connectivity index (χ1n) is 8.63. The summed E-state index contributed by atoms with van der Waals surface area (Å²) in [5.41, 5.74) is 0.533. The third-order valence-corrected chi connectivity index (χ3v) is 4.90. The molecule has 0 N–H and O–H groups in total. The van der Waals surface area contributed by atoms with E-state index in [4.69, 9.17) is 16.3 Å². The van der Waals surface area contributed by atoms with Crippen LogP contribution >= 0.6 is 11.6 Å². The molecule has 140 valence electrons. The van der Waals surface area contributed by atoms with Gasteiger partial charge < -0.3 is 14.5 Å². The predicted octanol–water partition coefficient (Wildman–Crippen LogP) is 1.20. The van der Waals surface area contributed by atoms with Crippen LogP contribution < -0.4 is 14.5 Å². The third-order valence-electron chi connectivity index (χ3n) is 4.66. The first-order chi connectivity index (χ1) is 13.1. The van der Waals surface area contributed by atoms with Crippen LogP contribution in [0.3, 0.4) is 0 Å². The second-order valence-corrected chi connectivity index (χ2v) is 6.75. The van der Waals surface area contributed by atoms with E-state index in [2.05, 4.69) is 14.9 Å². The molecule has 0 unspecified atom stereocenters. The molecule has 0 aliphatic carbocycles. The second kappa shape index (κ2) is 7.40. The van der Waals surface area contributed by atoms with Gasteiger partial charge in [0.2, 0.25) is 5.91 Å². The van der Waals surface area contributed by atoms with Crippen molar-refractivity contribution in [3.63, 3.8) is 0 Å². The number of fused-ring (bicyclic) bond motifs is 1. The number of ether oxygens (including phenoxy) is 1. The number of carbonyl (C=O) groups is 2. The van der Waals surface area contributed by atoms with Gasteiger partial charge in [0.15, 0.2) is 6.61 Å². The lowest BCUT2D eigenvalue weighted by Crippen LogP contribution is -2.53. The minimum Gasteiger partial charge on any atom is -0.482 e. The lowest BCUT2D eigenvalue weighted by molar-refractivity contribution is -0.132. The van der Waals surface area contributed by atoms with Gasteiger partial charge in [-0.3, -0.25) is 19.5 Å². The SMILES string of the molecule is O=C(CN1C(=O)COc2ccc(Cl)cc21)N1CCN(c2cnccn2)CC1. The maximum absolute atomic E-state index is 12.8. The van der Waals surface area contributed by atoms with Gasteiger partial charge in [0.1, 0.15) is 18.1 Å². The first kappa shape index (κ1) is 17.5. The van der Waals surface area contributed by atoms with E-state index in [1.807, 2.05) is 0 Å². The molecule has 27 heavy (non-hydrogen) atoms. The van der Waals surface area contributed by atoms with Crippen LogP contribution in [0.2, 0.25) is 5.02 Å². The van der Waals surface area contributed by atoms with E-state index in [9.17, 15) is 9.59 Å². The summed E-state index contributed by atoms with van der Waals surface area (Å²) < 4.78 is 5.42. The van der Waals surface area contributed by atoms with Gasteiger partial charge in [0.05, 0.1) is 11.9 Å². The van der Waals surface area contributed by atoms with Gasteiger partial charge in [-0.15, -0.1) is 0 Å². The minimum absolute atomic E-state index is 0.0271. The summed E-state index contributed by atoms with van der Waals surface area (Å²) in [4.78, 5) is 38.7. The lowest BCUT2D eigenvalue weighted by Gasteiger charge is -2.37. The van der Waals surface area contributed by atoms with Crippen molar-refractivity contribution >= 4 is 34.9 Å². The van der Waals surface area contributed by atoms with Gasteiger partial charge in [-0.1, -0.05) is 11.6 Å². The quantitative estimate of drug-likeness (QED) is 0.787. The first-order valence-corrected chi connectivity index (χ1v) is 9.01. The Morgan fingerprint density at radius 3 is 2.74 bits per heavy atom. The highest BCUT2D eigenvalue weighted by Gasteiger charge is 2.30. The largest absolute Gasteiger partial charge is 0.482 e. The van der Waals surface area contributed by atoms with Crippen LogP contribution in [0.1, 0.15) is 0 Å². The molecular weight excluding hydrogens is 370 g/mol. The molecule has 1 fully saturated rings. The highest BCUT2D eigenvalue weighted by Crippen LogP contribution is 2.34. The van der Waals surface area contributed by atoms with E-state index >= 15 is 0 Å². The number of aromatic nitrogens is 2. The predicted molar refractivity (Wildman–Crippen MR) is 100 cm³/mol. The Balaban J connectivity index is 1.42. The Kier molecular flexibility index (Phi) is 4.81. The molecule has 0 atom stereocenters. The average Bonchev–Trinajstić information content (AvgIpc) is 2.71. The number of amides is 2. The zero-order chi connectivity index (χ0) is 18.8. The van der Waals surface area contributed by atoms with Crippen LogP contribution in [-0.4, -0.2) is 66.0 Å². The van der Waals surface area contributed by atoms with Crippen molar-refractivity contribution in [2.75, 3.05) is 49.1 Å². The molecule has 2 amide bonds. The number of anilines is 2. The van der Waals surface area contributed by atoms with Crippen LogP contribution in [-0.2, 0) is 9.59 Å². The van der Waals surface area contributed by atoms with Crippen molar-refractivity contribution in [3.8, 4) is 5.75 Å². The van der Waals surface area contributed by atoms with Gasteiger partial charge in [-0.2, -0.15) is 0 Å². The fraction of sp³-hybridized carbons (Fsp3) is 0.333. The molecule has 2 aliphatic rings. The molecule has 1 aromatic carbocycles. The van der Waals surface area contributed by atoms with E-state index in [1.165, 1.54) is 4.90 Å². The molecule has 2 aromatic rings. The standard InChI is InChI=1S/C18H18ClN5O3/c19-13-1-2-15-14(9-13)24(18(26)12-27-15)11-17(25)23-7-5-22(6-8-23)16-10-20-3-4-21-16/h1-4,9-10H,5-8,11-12H2. The van der Waals surface area contributed by atoms with Gasteiger partial charge >= 0.3 is 0 Å². The van der Waals surface area contributed by atoms with Crippen molar-refractivity contribution in [3.05, 3.63) is 41.8 Å². The van der Waals surface area contributed by atoms with E-state index in [-0.39, 0.29) is 25.0 Å². The van der Waals surface area contributed by atoms with Crippen LogP contribution in [0, 0.1) is 0 Å². The molecule has 3 heterocycles. The Morgan fingerprint density at radius 2 is 2.00 bits per heavy atom. The molecule has 0 saturated carbocycles. The summed E-state index contributed by atoms with van der Waals surface area (Å²) in [6.07, 6.45) is 5.00. The maximum Gasteiger partial charge on any atom is 0.265 e. The topological polar surface area (TPSA) is 78.9 Å². The summed E-state index contributed by atoms with van der Waals surface area (Å²) >= 11 is 6.04. The molecule has 9 heteroatoms. The number of benzene rings is 1. The van der Waals surface area contributed by atoms with Crippen molar-refractivity contribution in [1.29, 1.82) is 0 Å². The number of rotatable bonds is 3.